The van der Waals surface area contributed by atoms with Gasteiger partial charge in [-0.1, -0.05) is 78.2 Å². The van der Waals surface area contributed by atoms with E-state index >= 15 is 0 Å². The summed E-state index contributed by atoms with van der Waals surface area (Å²) in [6.07, 6.45) is 14.9. The van der Waals surface area contributed by atoms with Crippen LogP contribution in [0.3, 0.4) is 0 Å². The van der Waals surface area contributed by atoms with Gasteiger partial charge in [-0.25, -0.2) is 0 Å². The van der Waals surface area contributed by atoms with E-state index in [9.17, 15) is 10.5 Å². The van der Waals surface area contributed by atoms with E-state index in [4.69, 9.17) is 4.74 Å². The van der Waals surface area contributed by atoms with Crippen LogP contribution in [0.4, 0.5) is 0 Å². The largest absolute Gasteiger partial charge is 0.489 e. The Kier molecular flexibility index (Phi) is 12.9. The molecule has 0 saturated heterocycles. The Morgan fingerprint density at radius 3 is 2.07 bits per heavy atom. The van der Waals surface area contributed by atoms with Crippen LogP contribution in [0.5, 0.6) is 5.75 Å². The molecule has 0 amide bonds. The summed E-state index contributed by atoms with van der Waals surface area (Å²) >= 11 is 0. The van der Waals surface area contributed by atoms with Crippen molar-refractivity contribution in [1.82, 2.24) is 0 Å². The number of hydrogen-bond donors (Lipinski definition) is 0. The third-order valence-electron chi connectivity index (χ3n) is 5.24. The number of hydrogen-bond acceptors (Lipinski definition) is 3. The van der Waals surface area contributed by atoms with E-state index in [1.54, 1.807) is 12.1 Å². The molecular formula is C25H38N2O. The molecule has 0 fully saturated rings. The number of nitrogens with zero attached hydrogens (tertiary/aromatic N) is 2. The van der Waals surface area contributed by atoms with Gasteiger partial charge in [-0.05, 0) is 43.7 Å². The quantitative estimate of drug-likeness (QED) is 0.294. The highest BCUT2D eigenvalue weighted by Gasteiger charge is 2.15. The van der Waals surface area contributed by atoms with Crippen molar-refractivity contribution in [3.63, 3.8) is 0 Å². The fourth-order valence-electron chi connectivity index (χ4n) is 3.54. The van der Waals surface area contributed by atoms with Crippen LogP contribution in [-0.4, -0.2) is 6.10 Å². The molecule has 3 heteroatoms. The van der Waals surface area contributed by atoms with Crippen molar-refractivity contribution in [3.8, 4) is 17.9 Å². The van der Waals surface area contributed by atoms with Gasteiger partial charge in [0, 0.05) is 0 Å². The number of nitriles is 2. The second-order valence-corrected chi connectivity index (χ2v) is 8.23. The zero-order valence-electron chi connectivity index (χ0n) is 18.2. The van der Waals surface area contributed by atoms with Crippen LogP contribution in [0.2, 0.25) is 0 Å². The Bertz CT molecular complexity index is 624. The first-order valence-corrected chi connectivity index (χ1v) is 11.2. The van der Waals surface area contributed by atoms with Crippen molar-refractivity contribution >= 4 is 0 Å². The van der Waals surface area contributed by atoms with Crippen LogP contribution in [0.15, 0.2) is 18.2 Å². The molecule has 1 aromatic rings. The average molecular weight is 383 g/mol. The summed E-state index contributed by atoms with van der Waals surface area (Å²) in [6, 6.07) is 9.55. The second-order valence-electron chi connectivity index (χ2n) is 8.23. The molecule has 28 heavy (non-hydrogen) atoms. The highest BCUT2D eigenvalue weighted by atomic mass is 16.5. The van der Waals surface area contributed by atoms with E-state index in [1.165, 1.54) is 57.8 Å². The molecule has 0 aliphatic rings. The van der Waals surface area contributed by atoms with Gasteiger partial charge in [0.2, 0.25) is 0 Å². The highest BCUT2D eigenvalue weighted by Crippen LogP contribution is 2.25. The van der Waals surface area contributed by atoms with Crippen LogP contribution >= 0.6 is 0 Å². The predicted molar refractivity (Wildman–Crippen MR) is 116 cm³/mol. The maximum atomic E-state index is 9.45. The number of benzene rings is 1. The van der Waals surface area contributed by atoms with Gasteiger partial charge in [0.25, 0.3) is 0 Å². The minimum atomic E-state index is 0.125. The van der Waals surface area contributed by atoms with Crippen molar-refractivity contribution in [1.29, 1.82) is 10.5 Å². The molecule has 0 bridgehead atoms. The lowest BCUT2D eigenvalue weighted by atomic mass is 10.00. The van der Waals surface area contributed by atoms with E-state index in [1.807, 2.05) is 6.07 Å². The molecule has 1 rings (SSSR count). The molecule has 1 atom stereocenters. The average Bonchev–Trinajstić information content (AvgIpc) is 2.69. The van der Waals surface area contributed by atoms with Gasteiger partial charge >= 0.3 is 0 Å². The maximum Gasteiger partial charge on any atom is 0.138 e. The fourth-order valence-corrected chi connectivity index (χ4v) is 3.54. The number of unbranched alkanes of at least 4 members (excludes halogenated alkanes) is 7. The van der Waals surface area contributed by atoms with E-state index in [0.717, 1.165) is 19.3 Å². The van der Waals surface area contributed by atoms with E-state index < -0.39 is 0 Å². The molecule has 0 aromatic heterocycles. The minimum Gasteiger partial charge on any atom is -0.489 e. The SMILES string of the molecule is CCCCCCCCCCC(CCCC(C)C)Oc1cccc(C#N)c1C#N. The molecule has 0 saturated carbocycles. The van der Waals surface area contributed by atoms with Crippen LogP contribution in [0.25, 0.3) is 0 Å². The van der Waals surface area contributed by atoms with Gasteiger partial charge < -0.3 is 4.74 Å². The Morgan fingerprint density at radius 1 is 0.821 bits per heavy atom. The zero-order valence-corrected chi connectivity index (χ0v) is 18.2. The third-order valence-corrected chi connectivity index (χ3v) is 5.24. The molecule has 0 heterocycles. The molecule has 154 valence electrons. The van der Waals surface area contributed by atoms with Crippen LogP contribution < -0.4 is 4.74 Å². The van der Waals surface area contributed by atoms with Crippen LogP contribution in [-0.2, 0) is 0 Å². The molecule has 0 aliphatic carbocycles. The topological polar surface area (TPSA) is 56.8 Å². The summed E-state index contributed by atoms with van der Waals surface area (Å²) in [5.74, 6) is 1.26. The highest BCUT2D eigenvalue weighted by molar-refractivity contribution is 5.53. The first kappa shape index (κ1) is 24.0. The van der Waals surface area contributed by atoms with Gasteiger partial charge in [-0.3, -0.25) is 0 Å². The maximum absolute atomic E-state index is 9.45. The Balaban J connectivity index is 2.56. The predicted octanol–water partition coefficient (Wildman–Crippen LogP) is 7.53. The van der Waals surface area contributed by atoms with Crippen molar-refractivity contribution in [3.05, 3.63) is 29.3 Å². The minimum absolute atomic E-state index is 0.125. The lowest BCUT2D eigenvalue weighted by Gasteiger charge is -2.21. The summed E-state index contributed by atoms with van der Waals surface area (Å²) in [4.78, 5) is 0. The first-order chi connectivity index (χ1) is 13.6. The smallest absolute Gasteiger partial charge is 0.138 e. The number of rotatable bonds is 15. The monoisotopic (exact) mass is 382 g/mol. The summed E-state index contributed by atoms with van der Waals surface area (Å²) < 4.78 is 6.25. The molecule has 0 N–H and O–H groups in total. The normalized spacial score (nSPS) is 11.8. The van der Waals surface area contributed by atoms with Crippen molar-refractivity contribution in [2.45, 2.75) is 104 Å². The van der Waals surface area contributed by atoms with Gasteiger partial charge in [0.15, 0.2) is 0 Å². The van der Waals surface area contributed by atoms with Gasteiger partial charge in [0.05, 0.1) is 11.7 Å². The van der Waals surface area contributed by atoms with E-state index in [-0.39, 0.29) is 6.10 Å². The standard InChI is InChI=1S/C25H38N2O/c1-4-5-6-7-8-9-10-11-16-23(17-12-14-21(2)3)28-25-18-13-15-22(19-26)24(25)20-27/h13,15,18,21,23H,4-12,14,16-17H2,1-3H3. The molecule has 1 unspecified atom stereocenters. The van der Waals surface area contributed by atoms with Crippen molar-refractivity contribution < 1.29 is 4.74 Å². The first-order valence-electron chi connectivity index (χ1n) is 11.2. The van der Waals surface area contributed by atoms with Crippen LogP contribution in [0, 0.1) is 28.6 Å². The van der Waals surface area contributed by atoms with E-state index in [0.29, 0.717) is 22.8 Å². The van der Waals surface area contributed by atoms with Crippen molar-refractivity contribution in [2.75, 3.05) is 0 Å². The third kappa shape index (κ3) is 9.80. The number of ether oxygens (including phenoxy) is 1. The Morgan fingerprint density at radius 2 is 1.46 bits per heavy atom. The Labute approximate surface area is 172 Å². The Hall–Kier alpha value is -2.00. The molecule has 3 nitrogen and oxygen atoms in total. The molecule has 0 spiro atoms. The molecule has 0 radical (unpaired) electrons. The molecule has 1 aromatic carbocycles. The van der Waals surface area contributed by atoms with Gasteiger partial charge in [0.1, 0.15) is 23.5 Å². The van der Waals surface area contributed by atoms with Gasteiger partial charge in [-0.15, -0.1) is 0 Å². The second kappa shape index (κ2) is 15.0. The zero-order chi connectivity index (χ0) is 20.6. The fraction of sp³-hybridized carbons (Fsp3) is 0.680. The molecule has 0 aliphatic heterocycles. The summed E-state index contributed by atoms with van der Waals surface area (Å²) in [5.41, 5.74) is 0.766. The van der Waals surface area contributed by atoms with Crippen molar-refractivity contribution in [2.24, 2.45) is 5.92 Å². The summed E-state index contributed by atoms with van der Waals surface area (Å²) in [5, 5.41) is 18.7. The molecular weight excluding hydrogens is 344 g/mol. The summed E-state index contributed by atoms with van der Waals surface area (Å²) in [6.45, 7) is 6.75. The summed E-state index contributed by atoms with van der Waals surface area (Å²) in [7, 11) is 0. The lowest BCUT2D eigenvalue weighted by Crippen LogP contribution is -2.17. The van der Waals surface area contributed by atoms with Crippen LogP contribution in [0.1, 0.15) is 109 Å². The van der Waals surface area contributed by atoms with E-state index in [2.05, 4.69) is 32.9 Å². The lowest BCUT2D eigenvalue weighted by molar-refractivity contribution is 0.171. The van der Waals surface area contributed by atoms with Gasteiger partial charge in [-0.2, -0.15) is 10.5 Å².